The lowest BCUT2D eigenvalue weighted by Gasteiger charge is -2.09. The number of unbranched alkanes of at least 4 members (excludes halogenated alkanes) is 1. The molecule has 0 heterocycles. The van der Waals surface area contributed by atoms with Gasteiger partial charge in [0.05, 0.1) is 13.2 Å². The number of hydrogen-bond donors (Lipinski definition) is 0. The first kappa shape index (κ1) is 11.9. The molecule has 1 aromatic rings. The van der Waals surface area contributed by atoms with E-state index in [0.717, 1.165) is 36.5 Å². The SMILES string of the molecule is [CH2]c1cc(OCC)cc(OCCCC)c1. The predicted octanol–water partition coefficient (Wildman–Crippen LogP) is 3.45. The van der Waals surface area contributed by atoms with Crippen molar-refractivity contribution in [3.05, 3.63) is 30.7 Å². The van der Waals surface area contributed by atoms with Crippen molar-refractivity contribution >= 4 is 0 Å². The van der Waals surface area contributed by atoms with E-state index in [9.17, 15) is 0 Å². The Hall–Kier alpha value is -1.18. The molecule has 2 heteroatoms. The second kappa shape index (κ2) is 6.33. The van der Waals surface area contributed by atoms with Gasteiger partial charge >= 0.3 is 0 Å². The van der Waals surface area contributed by atoms with Crippen molar-refractivity contribution in [3.63, 3.8) is 0 Å². The van der Waals surface area contributed by atoms with E-state index in [1.54, 1.807) is 0 Å². The van der Waals surface area contributed by atoms with Crippen LogP contribution in [0.1, 0.15) is 32.3 Å². The van der Waals surface area contributed by atoms with Gasteiger partial charge in [-0.2, -0.15) is 0 Å². The monoisotopic (exact) mass is 207 g/mol. The highest BCUT2D eigenvalue weighted by molar-refractivity contribution is 5.39. The smallest absolute Gasteiger partial charge is 0.123 e. The molecule has 0 atom stereocenters. The van der Waals surface area contributed by atoms with E-state index in [4.69, 9.17) is 9.47 Å². The number of hydrogen-bond acceptors (Lipinski definition) is 2. The van der Waals surface area contributed by atoms with Crippen LogP contribution in [0, 0.1) is 6.92 Å². The van der Waals surface area contributed by atoms with Gasteiger partial charge in [0.2, 0.25) is 0 Å². The van der Waals surface area contributed by atoms with Crippen LogP contribution in [0.25, 0.3) is 0 Å². The van der Waals surface area contributed by atoms with Gasteiger partial charge in [-0.15, -0.1) is 0 Å². The molecule has 0 spiro atoms. The molecule has 0 aliphatic carbocycles. The van der Waals surface area contributed by atoms with Crippen LogP contribution in [0.5, 0.6) is 11.5 Å². The van der Waals surface area contributed by atoms with E-state index >= 15 is 0 Å². The Morgan fingerprint density at radius 2 is 1.73 bits per heavy atom. The molecule has 1 aromatic carbocycles. The average Bonchev–Trinajstić information content (AvgIpc) is 2.18. The van der Waals surface area contributed by atoms with Gasteiger partial charge in [0.25, 0.3) is 0 Å². The Morgan fingerprint density at radius 1 is 1.07 bits per heavy atom. The second-order valence-electron chi connectivity index (χ2n) is 3.45. The lowest BCUT2D eigenvalue weighted by Crippen LogP contribution is -1.98. The van der Waals surface area contributed by atoms with Gasteiger partial charge in [-0.05, 0) is 38.0 Å². The highest BCUT2D eigenvalue weighted by Crippen LogP contribution is 2.22. The average molecular weight is 207 g/mol. The Kier molecular flexibility index (Phi) is 5.02. The Bertz CT molecular complexity index is 295. The van der Waals surface area contributed by atoms with Crippen molar-refractivity contribution < 1.29 is 9.47 Å². The Balaban J connectivity index is 2.62. The predicted molar refractivity (Wildman–Crippen MR) is 62.5 cm³/mol. The quantitative estimate of drug-likeness (QED) is 0.665. The van der Waals surface area contributed by atoms with Crippen molar-refractivity contribution in [1.82, 2.24) is 0 Å². The lowest BCUT2D eigenvalue weighted by atomic mass is 10.2. The Labute approximate surface area is 92.2 Å². The fourth-order valence-corrected chi connectivity index (χ4v) is 1.30. The van der Waals surface area contributed by atoms with E-state index < -0.39 is 0 Å². The molecule has 0 N–H and O–H groups in total. The molecule has 2 nitrogen and oxygen atoms in total. The summed E-state index contributed by atoms with van der Waals surface area (Å²) in [4.78, 5) is 0. The van der Waals surface area contributed by atoms with Crippen LogP contribution in [0.4, 0.5) is 0 Å². The van der Waals surface area contributed by atoms with Crippen molar-refractivity contribution in [1.29, 1.82) is 0 Å². The molecule has 1 rings (SSSR count). The standard InChI is InChI=1S/C13H19O2/c1-4-6-7-15-13-9-11(3)8-12(10-13)14-5-2/h8-10H,3-7H2,1-2H3. The zero-order valence-corrected chi connectivity index (χ0v) is 9.58. The van der Waals surface area contributed by atoms with Crippen LogP contribution in [0.3, 0.4) is 0 Å². The first-order chi connectivity index (χ1) is 7.26. The summed E-state index contributed by atoms with van der Waals surface area (Å²) in [5.74, 6) is 1.68. The summed E-state index contributed by atoms with van der Waals surface area (Å²) in [6, 6.07) is 5.75. The van der Waals surface area contributed by atoms with Gasteiger partial charge < -0.3 is 9.47 Å². The Morgan fingerprint density at radius 3 is 2.33 bits per heavy atom. The van der Waals surface area contributed by atoms with Crippen LogP contribution < -0.4 is 9.47 Å². The lowest BCUT2D eigenvalue weighted by molar-refractivity contribution is 0.302. The highest BCUT2D eigenvalue weighted by atomic mass is 16.5. The van der Waals surface area contributed by atoms with Gasteiger partial charge in [0.1, 0.15) is 11.5 Å². The van der Waals surface area contributed by atoms with E-state index in [1.165, 1.54) is 0 Å². The van der Waals surface area contributed by atoms with Crippen molar-refractivity contribution in [2.45, 2.75) is 26.7 Å². The van der Waals surface area contributed by atoms with Gasteiger partial charge in [-0.25, -0.2) is 0 Å². The molecule has 0 aromatic heterocycles. The fourth-order valence-electron chi connectivity index (χ4n) is 1.30. The molecule has 15 heavy (non-hydrogen) atoms. The molecule has 1 radical (unpaired) electrons. The maximum Gasteiger partial charge on any atom is 0.123 e. The minimum absolute atomic E-state index is 0.665. The molecule has 0 fully saturated rings. The van der Waals surface area contributed by atoms with E-state index in [2.05, 4.69) is 13.8 Å². The normalized spacial score (nSPS) is 10.1. The number of benzene rings is 1. The summed E-state index contributed by atoms with van der Waals surface area (Å²) < 4.78 is 11.0. The fraction of sp³-hybridized carbons (Fsp3) is 0.462. The van der Waals surface area contributed by atoms with Gasteiger partial charge in [0.15, 0.2) is 0 Å². The molecule has 0 amide bonds. The molecular formula is C13H19O2. The van der Waals surface area contributed by atoms with Crippen molar-refractivity contribution in [2.75, 3.05) is 13.2 Å². The molecule has 0 saturated carbocycles. The maximum absolute atomic E-state index is 5.59. The van der Waals surface area contributed by atoms with Crippen LogP contribution >= 0.6 is 0 Å². The van der Waals surface area contributed by atoms with Crippen molar-refractivity contribution in [2.24, 2.45) is 0 Å². The molecular weight excluding hydrogens is 188 g/mol. The third-order valence-corrected chi connectivity index (χ3v) is 2.02. The van der Waals surface area contributed by atoms with Crippen LogP contribution in [-0.4, -0.2) is 13.2 Å². The molecule has 0 aliphatic heterocycles. The largest absolute Gasteiger partial charge is 0.494 e. The minimum Gasteiger partial charge on any atom is -0.494 e. The van der Waals surface area contributed by atoms with E-state index in [0.29, 0.717) is 6.61 Å². The molecule has 0 bridgehead atoms. The molecule has 0 aliphatic rings. The summed E-state index contributed by atoms with van der Waals surface area (Å²) in [7, 11) is 0. The summed E-state index contributed by atoms with van der Waals surface area (Å²) in [6.45, 7) is 9.42. The first-order valence-electron chi connectivity index (χ1n) is 5.49. The van der Waals surface area contributed by atoms with Crippen LogP contribution in [0.2, 0.25) is 0 Å². The second-order valence-corrected chi connectivity index (χ2v) is 3.45. The topological polar surface area (TPSA) is 18.5 Å². The van der Waals surface area contributed by atoms with Gasteiger partial charge in [0, 0.05) is 6.07 Å². The maximum atomic E-state index is 5.59. The number of rotatable bonds is 6. The van der Waals surface area contributed by atoms with Gasteiger partial charge in [-0.3, -0.25) is 0 Å². The summed E-state index contributed by atoms with van der Waals surface area (Å²) in [5, 5.41) is 0. The van der Waals surface area contributed by atoms with Crippen LogP contribution in [-0.2, 0) is 0 Å². The third kappa shape index (κ3) is 4.24. The minimum atomic E-state index is 0.665. The third-order valence-electron chi connectivity index (χ3n) is 2.02. The molecule has 0 unspecified atom stereocenters. The zero-order chi connectivity index (χ0) is 11.1. The van der Waals surface area contributed by atoms with E-state index in [1.807, 2.05) is 25.1 Å². The summed E-state index contributed by atoms with van der Waals surface area (Å²) >= 11 is 0. The summed E-state index contributed by atoms with van der Waals surface area (Å²) in [5.41, 5.74) is 0.924. The van der Waals surface area contributed by atoms with E-state index in [-0.39, 0.29) is 0 Å². The zero-order valence-electron chi connectivity index (χ0n) is 9.58. The number of ether oxygens (including phenoxy) is 2. The molecule has 0 saturated heterocycles. The van der Waals surface area contributed by atoms with Crippen molar-refractivity contribution in [3.8, 4) is 11.5 Å². The van der Waals surface area contributed by atoms with Gasteiger partial charge in [-0.1, -0.05) is 13.3 Å². The summed E-state index contributed by atoms with van der Waals surface area (Å²) in [6.07, 6.45) is 2.22. The molecule has 83 valence electrons. The first-order valence-corrected chi connectivity index (χ1v) is 5.49. The van der Waals surface area contributed by atoms with Crippen LogP contribution in [0.15, 0.2) is 18.2 Å². The highest BCUT2D eigenvalue weighted by Gasteiger charge is 1.99.